The predicted octanol–water partition coefficient (Wildman–Crippen LogP) is 3.33. The standard InChI is InChI=1S/C16H24N2O/c1-12-9-14(11-17)10-13(2)15(12)19-8-6-7-18-16(3,4)5/h9-10,18H,6-8H2,1-5H3. The van der Waals surface area contributed by atoms with Crippen LogP contribution in [-0.4, -0.2) is 18.7 Å². The molecule has 1 aromatic rings. The molecule has 0 aliphatic heterocycles. The van der Waals surface area contributed by atoms with Crippen LogP contribution in [0.5, 0.6) is 5.75 Å². The fourth-order valence-corrected chi connectivity index (χ4v) is 1.95. The van der Waals surface area contributed by atoms with E-state index in [1.165, 1.54) is 0 Å². The molecular weight excluding hydrogens is 236 g/mol. The molecule has 0 saturated heterocycles. The normalized spacial score (nSPS) is 11.2. The van der Waals surface area contributed by atoms with Crippen LogP contribution in [0, 0.1) is 25.2 Å². The fourth-order valence-electron chi connectivity index (χ4n) is 1.95. The summed E-state index contributed by atoms with van der Waals surface area (Å²) < 4.78 is 5.83. The Kier molecular flexibility index (Phi) is 5.38. The van der Waals surface area contributed by atoms with Gasteiger partial charge in [0.25, 0.3) is 0 Å². The number of nitriles is 1. The van der Waals surface area contributed by atoms with E-state index in [0.717, 1.165) is 29.8 Å². The lowest BCUT2D eigenvalue weighted by molar-refractivity contribution is 0.295. The quantitative estimate of drug-likeness (QED) is 0.826. The zero-order valence-corrected chi connectivity index (χ0v) is 12.6. The second-order valence-corrected chi connectivity index (χ2v) is 5.93. The zero-order valence-electron chi connectivity index (χ0n) is 12.6. The highest BCUT2D eigenvalue weighted by molar-refractivity contribution is 5.47. The number of hydrogen-bond donors (Lipinski definition) is 1. The van der Waals surface area contributed by atoms with Gasteiger partial charge < -0.3 is 10.1 Å². The van der Waals surface area contributed by atoms with Gasteiger partial charge in [-0.3, -0.25) is 0 Å². The van der Waals surface area contributed by atoms with Crippen LogP contribution < -0.4 is 10.1 Å². The largest absolute Gasteiger partial charge is 0.493 e. The highest BCUT2D eigenvalue weighted by Crippen LogP contribution is 2.24. The zero-order chi connectivity index (χ0) is 14.5. The van der Waals surface area contributed by atoms with Crippen molar-refractivity contribution in [1.29, 1.82) is 5.26 Å². The Labute approximate surface area is 116 Å². The van der Waals surface area contributed by atoms with E-state index in [1.807, 2.05) is 26.0 Å². The molecule has 1 aromatic carbocycles. The van der Waals surface area contributed by atoms with E-state index >= 15 is 0 Å². The van der Waals surface area contributed by atoms with Gasteiger partial charge >= 0.3 is 0 Å². The Morgan fingerprint density at radius 3 is 2.26 bits per heavy atom. The molecule has 0 atom stereocenters. The summed E-state index contributed by atoms with van der Waals surface area (Å²) in [5.41, 5.74) is 2.90. The number of nitrogens with one attached hydrogen (secondary N) is 1. The lowest BCUT2D eigenvalue weighted by atomic mass is 10.1. The maximum Gasteiger partial charge on any atom is 0.125 e. The Hall–Kier alpha value is -1.53. The van der Waals surface area contributed by atoms with E-state index in [4.69, 9.17) is 10.00 Å². The molecule has 0 radical (unpaired) electrons. The van der Waals surface area contributed by atoms with Gasteiger partial charge in [-0.1, -0.05) is 0 Å². The van der Waals surface area contributed by atoms with E-state index in [2.05, 4.69) is 32.2 Å². The van der Waals surface area contributed by atoms with E-state index < -0.39 is 0 Å². The van der Waals surface area contributed by atoms with E-state index in [-0.39, 0.29) is 5.54 Å². The van der Waals surface area contributed by atoms with Crippen molar-refractivity contribution in [3.8, 4) is 11.8 Å². The van der Waals surface area contributed by atoms with Crippen molar-refractivity contribution in [2.24, 2.45) is 0 Å². The van der Waals surface area contributed by atoms with Gasteiger partial charge in [-0.25, -0.2) is 0 Å². The second kappa shape index (κ2) is 6.58. The van der Waals surface area contributed by atoms with Crippen LogP contribution in [0.15, 0.2) is 12.1 Å². The summed E-state index contributed by atoms with van der Waals surface area (Å²) in [5, 5.41) is 12.3. The number of benzene rings is 1. The number of aryl methyl sites for hydroxylation is 2. The minimum Gasteiger partial charge on any atom is -0.493 e. The van der Waals surface area contributed by atoms with Crippen LogP contribution in [-0.2, 0) is 0 Å². The third kappa shape index (κ3) is 5.32. The molecule has 1 N–H and O–H groups in total. The minimum atomic E-state index is 0.153. The maximum absolute atomic E-state index is 8.90. The van der Waals surface area contributed by atoms with Gasteiger partial charge in [0.1, 0.15) is 5.75 Å². The van der Waals surface area contributed by atoms with Gasteiger partial charge in [-0.2, -0.15) is 5.26 Å². The minimum absolute atomic E-state index is 0.153. The van der Waals surface area contributed by atoms with Crippen LogP contribution in [0.3, 0.4) is 0 Å². The Bertz CT molecular complexity index is 444. The van der Waals surface area contributed by atoms with E-state index in [9.17, 15) is 0 Å². The molecule has 0 heterocycles. The molecule has 0 aliphatic rings. The molecule has 0 unspecified atom stereocenters. The average Bonchev–Trinajstić information content (AvgIpc) is 2.30. The summed E-state index contributed by atoms with van der Waals surface area (Å²) in [6, 6.07) is 5.90. The number of ether oxygens (including phenoxy) is 1. The number of hydrogen-bond acceptors (Lipinski definition) is 3. The van der Waals surface area contributed by atoms with Crippen LogP contribution in [0.4, 0.5) is 0 Å². The summed E-state index contributed by atoms with van der Waals surface area (Å²) in [6.45, 7) is 12.1. The molecule has 0 aliphatic carbocycles. The van der Waals surface area contributed by atoms with Gasteiger partial charge in [0.05, 0.1) is 18.2 Å². The van der Waals surface area contributed by atoms with Crippen molar-refractivity contribution >= 4 is 0 Å². The lowest BCUT2D eigenvalue weighted by Gasteiger charge is -2.20. The number of rotatable bonds is 5. The van der Waals surface area contributed by atoms with E-state index in [1.54, 1.807) is 0 Å². The Morgan fingerprint density at radius 2 is 1.79 bits per heavy atom. The molecule has 1 rings (SSSR count). The molecule has 0 spiro atoms. The lowest BCUT2D eigenvalue weighted by Crippen LogP contribution is -2.36. The first-order chi connectivity index (χ1) is 8.83. The highest BCUT2D eigenvalue weighted by Gasteiger charge is 2.08. The van der Waals surface area contributed by atoms with Crippen LogP contribution in [0.25, 0.3) is 0 Å². The molecule has 104 valence electrons. The molecule has 0 fully saturated rings. The second-order valence-electron chi connectivity index (χ2n) is 5.93. The van der Waals surface area contributed by atoms with Gasteiger partial charge in [-0.05, 0) is 70.8 Å². The molecule has 19 heavy (non-hydrogen) atoms. The first kappa shape index (κ1) is 15.5. The monoisotopic (exact) mass is 260 g/mol. The Balaban J connectivity index is 2.49. The van der Waals surface area contributed by atoms with Gasteiger partial charge in [0.2, 0.25) is 0 Å². The predicted molar refractivity (Wildman–Crippen MR) is 78.5 cm³/mol. The highest BCUT2D eigenvalue weighted by atomic mass is 16.5. The Morgan fingerprint density at radius 1 is 1.21 bits per heavy atom. The molecule has 3 nitrogen and oxygen atoms in total. The van der Waals surface area contributed by atoms with Crippen molar-refractivity contribution in [2.75, 3.05) is 13.2 Å². The van der Waals surface area contributed by atoms with Crippen LogP contribution >= 0.6 is 0 Å². The van der Waals surface area contributed by atoms with Crippen molar-refractivity contribution in [2.45, 2.75) is 46.6 Å². The summed E-state index contributed by atoms with van der Waals surface area (Å²) in [5.74, 6) is 0.912. The first-order valence-corrected chi connectivity index (χ1v) is 6.72. The first-order valence-electron chi connectivity index (χ1n) is 6.72. The van der Waals surface area contributed by atoms with Gasteiger partial charge in [0, 0.05) is 5.54 Å². The molecule has 3 heteroatoms. The molecular formula is C16H24N2O. The van der Waals surface area contributed by atoms with Crippen LogP contribution in [0.1, 0.15) is 43.9 Å². The topological polar surface area (TPSA) is 45.0 Å². The fraction of sp³-hybridized carbons (Fsp3) is 0.562. The van der Waals surface area contributed by atoms with Crippen molar-refractivity contribution in [1.82, 2.24) is 5.32 Å². The summed E-state index contributed by atoms with van der Waals surface area (Å²) in [4.78, 5) is 0. The third-order valence-electron chi connectivity index (χ3n) is 2.81. The van der Waals surface area contributed by atoms with E-state index in [0.29, 0.717) is 12.2 Å². The average molecular weight is 260 g/mol. The van der Waals surface area contributed by atoms with Crippen LogP contribution in [0.2, 0.25) is 0 Å². The van der Waals surface area contributed by atoms with Crippen molar-refractivity contribution in [3.63, 3.8) is 0 Å². The number of nitrogens with zero attached hydrogens (tertiary/aromatic N) is 1. The summed E-state index contributed by atoms with van der Waals surface area (Å²) in [7, 11) is 0. The van der Waals surface area contributed by atoms with Crippen molar-refractivity contribution in [3.05, 3.63) is 28.8 Å². The van der Waals surface area contributed by atoms with Gasteiger partial charge in [0.15, 0.2) is 0 Å². The molecule has 0 aromatic heterocycles. The maximum atomic E-state index is 8.90. The SMILES string of the molecule is Cc1cc(C#N)cc(C)c1OCCCNC(C)(C)C. The summed E-state index contributed by atoms with van der Waals surface area (Å²) >= 11 is 0. The molecule has 0 bridgehead atoms. The van der Waals surface area contributed by atoms with Crippen molar-refractivity contribution < 1.29 is 4.74 Å². The summed E-state index contributed by atoms with van der Waals surface area (Å²) in [6.07, 6.45) is 0.968. The van der Waals surface area contributed by atoms with Gasteiger partial charge in [-0.15, -0.1) is 0 Å². The smallest absolute Gasteiger partial charge is 0.125 e. The third-order valence-corrected chi connectivity index (χ3v) is 2.81. The molecule has 0 saturated carbocycles. The molecule has 0 amide bonds.